The van der Waals surface area contributed by atoms with Crippen molar-refractivity contribution >= 4 is 27.3 Å². The molecule has 6 heteroatoms. The quantitative estimate of drug-likeness (QED) is 0.884. The Kier molecular flexibility index (Phi) is 4.24. The molecule has 0 radical (unpaired) electrons. The first-order chi connectivity index (χ1) is 11.1. The van der Waals surface area contributed by atoms with Gasteiger partial charge in [0.2, 0.25) is 5.91 Å². The summed E-state index contributed by atoms with van der Waals surface area (Å²) in [6.45, 7) is 6.75. The third-order valence-electron chi connectivity index (χ3n) is 6.62. The fraction of sp³-hybridized carbons (Fsp3) is 0.611. The molecule has 2 bridgehead atoms. The predicted molar refractivity (Wildman–Crippen MR) is 94.7 cm³/mol. The van der Waals surface area contributed by atoms with Crippen LogP contribution < -0.4 is 5.32 Å². The molecule has 2 fully saturated rings. The van der Waals surface area contributed by atoms with Crippen molar-refractivity contribution in [2.75, 3.05) is 5.75 Å². The Morgan fingerprint density at radius 1 is 1.25 bits per heavy atom. The van der Waals surface area contributed by atoms with Gasteiger partial charge in [-0.2, -0.15) is 0 Å². The first-order valence-corrected chi connectivity index (χ1v) is 10.4. The number of benzene rings is 1. The molecule has 0 spiro atoms. The predicted octanol–water partition coefficient (Wildman–Crippen LogP) is 3.44. The summed E-state index contributed by atoms with van der Waals surface area (Å²) in [7, 11) is -3.65. The molecule has 2 saturated carbocycles. The highest BCUT2D eigenvalue weighted by Crippen LogP contribution is 2.65. The van der Waals surface area contributed by atoms with Gasteiger partial charge in [0.1, 0.15) is 5.75 Å². The lowest BCUT2D eigenvalue weighted by Gasteiger charge is -2.39. The van der Waals surface area contributed by atoms with Crippen LogP contribution >= 0.6 is 11.6 Å². The van der Waals surface area contributed by atoms with Gasteiger partial charge in [0.05, 0.1) is 4.90 Å². The number of sulfone groups is 1. The van der Waals surface area contributed by atoms with Gasteiger partial charge in [-0.25, -0.2) is 8.42 Å². The van der Waals surface area contributed by atoms with E-state index in [-0.39, 0.29) is 21.8 Å². The van der Waals surface area contributed by atoms with Gasteiger partial charge in [-0.3, -0.25) is 4.79 Å². The maximum atomic E-state index is 12.4. The lowest BCUT2D eigenvalue weighted by Crippen LogP contribution is -2.48. The van der Waals surface area contributed by atoms with E-state index in [0.717, 1.165) is 12.8 Å². The van der Waals surface area contributed by atoms with Gasteiger partial charge in [0.15, 0.2) is 9.84 Å². The van der Waals surface area contributed by atoms with Crippen LogP contribution in [0.3, 0.4) is 0 Å². The summed E-state index contributed by atoms with van der Waals surface area (Å²) < 4.78 is 24.8. The average molecular weight is 370 g/mol. The second-order valence-electron chi connectivity index (χ2n) is 7.94. The van der Waals surface area contributed by atoms with Crippen molar-refractivity contribution in [3.05, 3.63) is 29.3 Å². The van der Waals surface area contributed by atoms with Gasteiger partial charge in [-0.05, 0) is 60.3 Å². The van der Waals surface area contributed by atoms with E-state index in [9.17, 15) is 13.2 Å². The molecule has 0 aromatic heterocycles. The van der Waals surface area contributed by atoms with Crippen molar-refractivity contribution in [1.82, 2.24) is 5.32 Å². The number of halogens is 1. The van der Waals surface area contributed by atoms with Crippen molar-refractivity contribution < 1.29 is 13.2 Å². The first-order valence-electron chi connectivity index (χ1n) is 8.34. The number of fused-ring (bicyclic) bond motifs is 2. The molecule has 3 rings (SSSR count). The van der Waals surface area contributed by atoms with Crippen LogP contribution in [-0.4, -0.2) is 26.1 Å². The topological polar surface area (TPSA) is 63.2 Å². The third kappa shape index (κ3) is 2.76. The van der Waals surface area contributed by atoms with E-state index in [4.69, 9.17) is 11.6 Å². The molecule has 2 aliphatic rings. The summed E-state index contributed by atoms with van der Waals surface area (Å²) in [5, 5.41) is 3.47. The standard InChI is InChI=1S/C18H24ClNO3S/c1-17(2)12-8-9-18(17,3)15(10-12)20-16(21)11-24(22,23)14-6-4-13(19)5-7-14/h4-7,12,15H,8-11H2,1-3H3,(H,20,21). The number of rotatable bonds is 4. The van der Waals surface area contributed by atoms with Crippen LogP contribution in [0.15, 0.2) is 29.2 Å². The number of hydrogen-bond acceptors (Lipinski definition) is 3. The summed E-state index contributed by atoms with van der Waals surface area (Å²) in [6.07, 6.45) is 3.22. The smallest absolute Gasteiger partial charge is 0.235 e. The van der Waals surface area contributed by atoms with E-state index >= 15 is 0 Å². The maximum Gasteiger partial charge on any atom is 0.235 e. The van der Waals surface area contributed by atoms with Gasteiger partial charge in [-0.15, -0.1) is 0 Å². The minimum atomic E-state index is -3.65. The van der Waals surface area contributed by atoms with Gasteiger partial charge in [0.25, 0.3) is 0 Å². The molecule has 4 nitrogen and oxygen atoms in total. The van der Waals surface area contributed by atoms with Crippen LogP contribution in [-0.2, 0) is 14.6 Å². The summed E-state index contributed by atoms with van der Waals surface area (Å²) in [4.78, 5) is 12.5. The van der Waals surface area contributed by atoms with Crippen LogP contribution in [0.1, 0.15) is 40.0 Å². The zero-order chi connectivity index (χ0) is 17.8. The van der Waals surface area contributed by atoms with Crippen molar-refractivity contribution in [1.29, 1.82) is 0 Å². The molecule has 3 atom stereocenters. The lowest BCUT2D eigenvalue weighted by molar-refractivity contribution is -0.120. The molecule has 3 unspecified atom stereocenters. The fourth-order valence-corrected chi connectivity index (χ4v) is 5.83. The molecular weight excluding hydrogens is 346 g/mol. The molecule has 2 aliphatic carbocycles. The largest absolute Gasteiger partial charge is 0.352 e. The van der Waals surface area contributed by atoms with Crippen molar-refractivity contribution in [3.63, 3.8) is 0 Å². The van der Waals surface area contributed by atoms with Crippen molar-refractivity contribution in [3.8, 4) is 0 Å². The molecule has 132 valence electrons. The Balaban J connectivity index is 1.70. The highest BCUT2D eigenvalue weighted by molar-refractivity contribution is 7.92. The normalized spacial score (nSPS) is 31.2. The summed E-state index contributed by atoms with van der Waals surface area (Å²) in [5.74, 6) is -0.341. The molecule has 0 heterocycles. The Bertz CT molecular complexity index is 757. The second kappa shape index (κ2) is 5.73. The van der Waals surface area contributed by atoms with E-state index in [1.807, 2.05) is 0 Å². The lowest BCUT2D eigenvalue weighted by atomic mass is 9.69. The van der Waals surface area contributed by atoms with E-state index in [1.165, 1.54) is 30.7 Å². The number of carbonyl (C=O) groups excluding carboxylic acids is 1. The van der Waals surface area contributed by atoms with E-state index in [0.29, 0.717) is 10.9 Å². The van der Waals surface area contributed by atoms with Gasteiger partial charge in [-0.1, -0.05) is 32.4 Å². The second-order valence-corrected chi connectivity index (χ2v) is 10.4. The Labute approximate surface area is 148 Å². The fourth-order valence-electron chi connectivity index (χ4n) is 4.56. The number of amides is 1. The van der Waals surface area contributed by atoms with Gasteiger partial charge >= 0.3 is 0 Å². The van der Waals surface area contributed by atoms with Crippen molar-refractivity contribution in [2.45, 2.75) is 51.0 Å². The highest BCUT2D eigenvalue weighted by Gasteiger charge is 2.61. The van der Waals surface area contributed by atoms with E-state index in [1.54, 1.807) is 0 Å². The van der Waals surface area contributed by atoms with Crippen LogP contribution in [0.5, 0.6) is 0 Å². The molecule has 1 aromatic rings. The molecule has 0 saturated heterocycles. The number of hydrogen-bond donors (Lipinski definition) is 1. The Morgan fingerprint density at radius 3 is 2.38 bits per heavy atom. The van der Waals surface area contributed by atoms with Crippen LogP contribution in [0.4, 0.5) is 0 Å². The SMILES string of the molecule is CC1(C)C2CCC1(C)C(NC(=O)CS(=O)(=O)c1ccc(Cl)cc1)C2. The minimum Gasteiger partial charge on any atom is -0.352 e. The van der Waals surface area contributed by atoms with Gasteiger partial charge < -0.3 is 5.32 Å². The minimum absolute atomic E-state index is 0.0390. The third-order valence-corrected chi connectivity index (χ3v) is 8.51. The molecule has 1 aromatic carbocycles. The van der Waals surface area contributed by atoms with Crippen molar-refractivity contribution in [2.24, 2.45) is 16.7 Å². The van der Waals surface area contributed by atoms with Crippen LogP contribution in [0, 0.1) is 16.7 Å². The number of nitrogens with one attached hydrogen (secondary N) is 1. The van der Waals surface area contributed by atoms with E-state index in [2.05, 4.69) is 26.1 Å². The van der Waals surface area contributed by atoms with Crippen LogP contribution in [0.2, 0.25) is 5.02 Å². The Morgan fingerprint density at radius 2 is 1.88 bits per heavy atom. The summed E-state index contributed by atoms with van der Waals surface area (Å²) in [5.41, 5.74) is 0.220. The first kappa shape index (κ1) is 17.7. The van der Waals surface area contributed by atoms with Crippen LogP contribution in [0.25, 0.3) is 0 Å². The molecule has 1 amide bonds. The molecule has 24 heavy (non-hydrogen) atoms. The zero-order valence-electron chi connectivity index (χ0n) is 14.3. The molecular formula is C18H24ClNO3S. The van der Waals surface area contributed by atoms with E-state index < -0.39 is 21.5 Å². The highest BCUT2D eigenvalue weighted by atomic mass is 35.5. The Hall–Kier alpha value is -1.07. The molecule has 1 N–H and O–H groups in total. The van der Waals surface area contributed by atoms with Gasteiger partial charge in [0, 0.05) is 11.1 Å². The summed E-state index contributed by atoms with van der Waals surface area (Å²) in [6, 6.07) is 5.97. The monoisotopic (exact) mass is 369 g/mol. The molecule has 0 aliphatic heterocycles. The maximum absolute atomic E-state index is 12.4. The average Bonchev–Trinajstić information content (AvgIpc) is 2.80. The number of carbonyl (C=O) groups is 1. The summed E-state index contributed by atoms with van der Waals surface area (Å²) >= 11 is 5.78. The zero-order valence-corrected chi connectivity index (χ0v) is 15.9.